The van der Waals surface area contributed by atoms with Gasteiger partial charge in [-0.15, -0.1) is 0 Å². The summed E-state index contributed by atoms with van der Waals surface area (Å²) in [7, 11) is 0. The van der Waals surface area contributed by atoms with Crippen LogP contribution in [0.15, 0.2) is 28.8 Å². The molecule has 4 nitrogen and oxygen atoms in total. The number of aromatic nitrogens is 2. The van der Waals surface area contributed by atoms with Crippen molar-refractivity contribution in [2.24, 2.45) is 5.73 Å². The van der Waals surface area contributed by atoms with Crippen LogP contribution in [0.2, 0.25) is 0 Å². The molecule has 1 aromatic heterocycles. The highest BCUT2D eigenvalue weighted by atomic mass is 16.5. The summed E-state index contributed by atoms with van der Waals surface area (Å²) >= 11 is 0. The summed E-state index contributed by atoms with van der Waals surface area (Å²) in [6.07, 6.45) is 0. The van der Waals surface area contributed by atoms with E-state index in [-0.39, 0.29) is 5.41 Å². The number of benzene rings is 1. The fraction of sp³-hybridized carbons (Fsp3) is 0.467. The molecule has 0 bridgehead atoms. The third kappa shape index (κ3) is 2.84. The van der Waals surface area contributed by atoms with Gasteiger partial charge in [-0.05, 0) is 30.9 Å². The molecule has 0 fully saturated rings. The van der Waals surface area contributed by atoms with Gasteiger partial charge in [0.2, 0.25) is 0 Å². The first-order valence-corrected chi connectivity index (χ1v) is 6.42. The van der Waals surface area contributed by atoms with E-state index < -0.39 is 5.54 Å². The van der Waals surface area contributed by atoms with Gasteiger partial charge in [0.25, 0.3) is 5.89 Å². The topological polar surface area (TPSA) is 64.9 Å². The Labute approximate surface area is 114 Å². The molecule has 0 aliphatic carbocycles. The summed E-state index contributed by atoms with van der Waals surface area (Å²) in [5.74, 6) is 1.05. The smallest absolute Gasteiger partial charge is 0.258 e. The second-order valence-corrected chi connectivity index (χ2v) is 6.44. The molecule has 2 aromatic rings. The standard InChI is InChI=1S/C15H21N3O/c1-14(2,3)11-9-7-6-8-10(11)12-17-13(18-19-12)15(4,5)16/h6-9H,16H2,1-5H3. The fourth-order valence-corrected chi connectivity index (χ4v) is 1.92. The Morgan fingerprint density at radius 2 is 1.68 bits per heavy atom. The van der Waals surface area contributed by atoms with Crippen LogP contribution in [0, 0.1) is 0 Å². The molecule has 2 N–H and O–H groups in total. The van der Waals surface area contributed by atoms with Crippen LogP contribution in [0.1, 0.15) is 46.0 Å². The molecular formula is C15H21N3O. The van der Waals surface area contributed by atoms with Crippen molar-refractivity contribution in [2.45, 2.75) is 45.6 Å². The van der Waals surface area contributed by atoms with E-state index in [1.54, 1.807) is 0 Å². The van der Waals surface area contributed by atoms with Crippen molar-refractivity contribution in [3.8, 4) is 11.5 Å². The van der Waals surface area contributed by atoms with Crippen LogP contribution in [0.4, 0.5) is 0 Å². The maximum absolute atomic E-state index is 5.99. The lowest BCUT2D eigenvalue weighted by atomic mass is 9.84. The Hall–Kier alpha value is -1.68. The van der Waals surface area contributed by atoms with Crippen molar-refractivity contribution >= 4 is 0 Å². The molecule has 0 atom stereocenters. The molecule has 102 valence electrons. The molecule has 0 radical (unpaired) electrons. The van der Waals surface area contributed by atoms with Gasteiger partial charge >= 0.3 is 0 Å². The second kappa shape index (κ2) is 4.46. The van der Waals surface area contributed by atoms with E-state index in [4.69, 9.17) is 10.3 Å². The van der Waals surface area contributed by atoms with Crippen LogP contribution in [-0.2, 0) is 11.0 Å². The van der Waals surface area contributed by atoms with E-state index in [1.165, 1.54) is 5.56 Å². The Balaban J connectivity index is 2.52. The molecule has 0 amide bonds. The molecule has 0 aliphatic rings. The van der Waals surface area contributed by atoms with Gasteiger partial charge in [-0.25, -0.2) is 0 Å². The first-order valence-electron chi connectivity index (χ1n) is 6.42. The largest absolute Gasteiger partial charge is 0.334 e. The van der Waals surface area contributed by atoms with Gasteiger partial charge in [-0.2, -0.15) is 4.98 Å². The maximum Gasteiger partial charge on any atom is 0.258 e. The lowest BCUT2D eigenvalue weighted by molar-refractivity contribution is 0.396. The molecule has 4 heteroatoms. The lowest BCUT2D eigenvalue weighted by Gasteiger charge is -2.21. The van der Waals surface area contributed by atoms with Gasteiger partial charge in [-0.1, -0.05) is 44.1 Å². The van der Waals surface area contributed by atoms with E-state index in [0.29, 0.717) is 11.7 Å². The SMILES string of the molecule is CC(C)(C)c1ccccc1-c1nc(C(C)(C)N)no1. The number of nitrogens with zero attached hydrogens (tertiary/aromatic N) is 2. The van der Waals surface area contributed by atoms with E-state index >= 15 is 0 Å². The summed E-state index contributed by atoms with van der Waals surface area (Å²) < 4.78 is 5.37. The van der Waals surface area contributed by atoms with Crippen LogP contribution in [0.25, 0.3) is 11.5 Å². The predicted octanol–water partition coefficient (Wildman–Crippen LogP) is 3.23. The van der Waals surface area contributed by atoms with Crippen LogP contribution < -0.4 is 5.73 Å². The quantitative estimate of drug-likeness (QED) is 0.899. The van der Waals surface area contributed by atoms with Gasteiger partial charge in [0.1, 0.15) is 0 Å². The normalized spacial score (nSPS) is 12.7. The minimum atomic E-state index is -0.599. The van der Waals surface area contributed by atoms with Crippen molar-refractivity contribution in [3.63, 3.8) is 0 Å². The first-order chi connectivity index (χ1) is 8.69. The van der Waals surface area contributed by atoms with E-state index in [0.717, 1.165) is 5.56 Å². The average Bonchev–Trinajstić information content (AvgIpc) is 2.76. The van der Waals surface area contributed by atoms with Gasteiger partial charge in [0.05, 0.1) is 5.54 Å². The first kappa shape index (κ1) is 13.7. The maximum atomic E-state index is 5.99. The van der Waals surface area contributed by atoms with E-state index in [2.05, 4.69) is 37.0 Å². The minimum absolute atomic E-state index is 0.0173. The van der Waals surface area contributed by atoms with Crippen LogP contribution in [-0.4, -0.2) is 10.1 Å². The number of rotatable bonds is 2. The number of hydrogen-bond acceptors (Lipinski definition) is 4. The number of nitrogens with two attached hydrogens (primary N) is 1. The molecule has 0 saturated heterocycles. The van der Waals surface area contributed by atoms with E-state index in [1.807, 2.05) is 32.0 Å². The molecule has 1 aromatic carbocycles. The zero-order valence-corrected chi connectivity index (χ0v) is 12.2. The summed E-state index contributed by atoms with van der Waals surface area (Å²) in [6, 6.07) is 8.09. The van der Waals surface area contributed by atoms with Gasteiger partial charge in [0, 0.05) is 5.56 Å². The zero-order chi connectivity index (χ0) is 14.3. The molecule has 0 aliphatic heterocycles. The minimum Gasteiger partial charge on any atom is -0.334 e. The van der Waals surface area contributed by atoms with Gasteiger partial charge in [0.15, 0.2) is 5.82 Å². The zero-order valence-electron chi connectivity index (χ0n) is 12.2. The van der Waals surface area contributed by atoms with Crippen molar-refractivity contribution in [3.05, 3.63) is 35.7 Å². The summed E-state index contributed by atoms with van der Waals surface area (Å²) in [6.45, 7) is 10.2. The third-order valence-corrected chi connectivity index (χ3v) is 2.97. The van der Waals surface area contributed by atoms with Gasteiger partial charge in [-0.3, -0.25) is 0 Å². The fourth-order valence-electron chi connectivity index (χ4n) is 1.92. The molecule has 1 heterocycles. The van der Waals surface area contributed by atoms with E-state index in [9.17, 15) is 0 Å². The average molecular weight is 259 g/mol. The molecular weight excluding hydrogens is 238 g/mol. The summed E-state index contributed by atoms with van der Waals surface area (Å²) in [5, 5.41) is 3.98. The van der Waals surface area contributed by atoms with Crippen molar-refractivity contribution < 1.29 is 4.52 Å². The second-order valence-electron chi connectivity index (χ2n) is 6.44. The van der Waals surface area contributed by atoms with Crippen molar-refractivity contribution in [1.82, 2.24) is 10.1 Å². The van der Waals surface area contributed by atoms with Crippen molar-refractivity contribution in [1.29, 1.82) is 0 Å². The van der Waals surface area contributed by atoms with Crippen LogP contribution in [0.5, 0.6) is 0 Å². The Morgan fingerprint density at radius 1 is 1.05 bits per heavy atom. The third-order valence-electron chi connectivity index (χ3n) is 2.97. The van der Waals surface area contributed by atoms with Gasteiger partial charge < -0.3 is 10.3 Å². The molecule has 0 saturated carbocycles. The molecule has 19 heavy (non-hydrogen) atoms. The highest BCUT2D eigenvalue weighted by molar-refractivity contribution is 5.60. The molecule has 0 spiro atoms. The Kier molecular flexibility index (Phi) is 3.22. The molecule has 0 unspecified atom stereocenters. The highest BCUT2D eigenvalue weighted by Gasteiger charge is 2.25. The Morgan fingerprint density at radius 3 is 2.21 bits per heavy atom. The lowest BCUT2D eigenvalue weighted by Crippen LogP contribution is -2.30. The monoisotopic (exact) mass is 259 g/mol. The Bertz CT molecular complexity index is 574. The predicted molar refractivity (Wildman–Crippen MR) is 75.6 cm³/mol. The van der Waals surface area contributed by atoms with Crippen LogP contribution in [0.3, 0.4) is 0 Å². The highest BCUT2D eigenvalue weighted by Crippen LogP contribution is 2.32. The van der Waals surface area contributed by atoms with Crippen LogP contribution >= 0.6 is 0 Å². The summed E-state index contributed by atoms with van der Waals surface area (Å²) in [4.78, 5) is 4.42. The number of hydrogen-bond donors (Lipinski definition) is 1. The van der Waals surface area contributed by atoms with Crippen molar-refractivity contribution in [2.75, 3.05) is 0 Å². The molecule has 2 rings (SSSR count). The summed E-state index contributed by atoms with van der Waals surface area (Å²) in [5.41, 5.74) is 7.56.